The standard InChI is InChI=1S/C14H21N3O2S/c1-4-7-14(2,3)17-20(18,19)13-9-12(6-5-8-15)10-16-11-13/h9-11,17H,4,7-8,15H2,1-3H3. The van der Waals surface area contributed by atoms with Crippen LogP contribution in [0.1, 0.15) is 39.2 Å². The second-order valence-electron chi connectivity index (χ2n) is 5.15. The van der Waals surface area contributed by atoms with Gasteiger partial charge in [-0.15, -0.1) is 0 Å². The van der Waals surface area contributed by atoms with Crippen LogP contribution in [0.3, 0.4) is 0 Å². The number of aromatic nitrogens is 1. The molecule has 0 saturated carbocycles. The summed E-state index contributed by atoms with van der Waals surface area (Å²) in [6, 6.07) is 1.50. The van der Waals surface area contributed by atoms with Crippen LogP contribution in [0, 0.1) is 11.8 Å². The van der Waals surface area contributed by atoms with Gasteiger partial charge in [-0.1, -0.05) is 25.2 Å². The van der Waals surface area contributed by atoms with E-state index in [1.165, 1.54) is 18.5 Å². The molecule has 0 unspecified atom stereocenters. The third-order valence-electron chi connectivity index (χ3n) is 2.64. The average Bonchev–Trinajstić information content (AvgIpc) is 2.35. The molecule has 1 rings (SSSR count). The highest BCUT2D eigenvalue weighted by atomic mass is 32.2. The smallest absolute Gasteiger partial charge is 0.242 e. The van der Waals surface area contributed by atoms with Crippen molar-refractivity contribution in [2.45, 2.75) is 44.0 Å². The van der Waals surface area contributed by atoms with Crippen molar-refractivity contribution in [1.82, 2.24) is 9.71 Å². The second kappa shape index (κ2) is 6.84. The van der Waals surface area contributed by atoms with Crippen molar-refractivity contribution in [3.05, 3.63) is 24.0 Å². The number of pyridine rings is 1. The van der Waals surface area contributed by atoms with Gasteiger partial charge < -0.3 is 5.73 Å². The van der Waals surface area contributed by atoms with Crippen molar-refractivity contribution in [2.24, 2.45) is 5.73 Å². The Hall–Kier alpha value is -1.42. The molecule has 0 saturated heterocycles. The Bertz CT molecular complexity index is 613. The summed E-state index contributed by atoms with van der Waals surface area (Å²) in [5, 5.41) is 0. The molecule has 6 heteroatoms. The Morgan fingerprint density at radius 1 is 1.40 bits per heavy atom. The van der Waals surface area contributed by atoms with Crippen molar-refractivity contribution >= 4 is 10.0 Å². The summed E-state index contributed by atoms with van der Waals surface area (Å²) in [6.07, 6.45) is 4.49. The predicted octanol–water partition coefficient (Wildman–Crippen LogP) is 1.25. The molecular weight excluding hydrogens is 274 g/mol. The summed E-state index contributed by atoms with van der Waals surface area (Å²) in [4.78, 5) is 4.03. The maximum atomic E-state index is 12.3. The van der Waals surface area contributed by atoms with Crippen LogP contribution in [0.15, 0.2) is 23.4 Å². The lowest BCUT2D eigenvalue weighted by Gasteiger charge is -2.25. The topological polar surface area (TPSA) is 85.1 Å². The molecule has 1 aromatic heterocycles. The van der Waals surface area contributed by atoms with Crippen LogP contribution in [-0.2, 0) is 10.0 Å². The number of nitrogens with two attached hydrogens (primary N) is 1. The molecule has 1 heterocycles. The van der Waals surface area contributed by atoms with Crippen LogP contribution in [0.2, 0.25) is 0 Å². The van der Waals surface area contributed by atoms with E-state index in [-0.39, 0.29) is 11.4 Å². The molecule has 3 N–H and O–H groups in total. The van der Waals surface area contributed by atoms with Gasteiger partial charge in [-0.3, -0.25) is 4.98 Å². The molecule has 0 bridgehead atoms. The third-order valence-corrected chi connectivity index (χ3v) is 4.31. The first-order valence-electron chi connectivity index (χ1n) is 6.49. The zero-order valence-corrected chi connectivity index (χ0v) is 12.9. The molecule has 0 amide bonds. The molecule has 0 atom stereocenters. The lowest BCUT2D eigenvalue weighted by atomic mass is 10.0. The van der Waals surface area contributed by atoms with Crippen LogP contribution in [0.25, 0.3) is 0 Å². The second-order valence-corrected chi connectivity index (χ2v) is 6.84. The normalized spacial score (nSPS) is 11.8. The Kier molecular flexibility index (Phi) is 5.69. The van der Waals surface area contributed by atoms with Crippen LogP contribution < -0.4 is 10.5 Å². The van der Waals surface area contributed by atoms with Crippen molar-refractivity contribution < 1.29 is 8.42 Å². The summed E-state index contributed by atoms with van der Waals surface area (Å²) in [5.41, 5.74) is 5.33. The van der Waals surface area contributed by atoms with E-state index < -0.39 is 15.6 Å². The highest BCUT2D eigenvalue weighted by molar-refractivity contribution is 7.89. The van der Waals surface area contributed by atoms with Gasteiger partial charge in [0, 0.05) is 23.5 Å². The number of sulfonamides is 1. The number of nitrogens with zero attached hydrogens (tertiary/aromatic N) is 1. The Morgan fingerprint density at radius 2 is 2.10 bits per heavy atom. The summed E-state index contributed by atoms with van der Waals surface area (Å²) in [6.45, 7) is 5.96. The summed E-state index contributed by atoms with van der Waals surface area (Å²) >= 11 is 0. The molecule has 0 aliphatic carbocycles. The highest BCUT2D eigenvalue weighted by Crippen LogP contribution is 2.17. The molecule has 0 aromatic carbocycles. The van der Waals surface area contributed by atoms with E-state index in [9.17, 15) is 8.42 Å². The van der Waals surface area contributed by atoms with E-state index in [2.05, 4.69) is 21.5 Å². The number of rotatable bonds is 5. The zero-order valence-electron chi connectivity index (χ0n) is 12.1. The molecule has 0 aliphatic rings. The van der Waals surface area contributed by atoms with E-state index in [1.54, 1.807) is 0 Å². The monoisotopic (exact) mass is 295 g/mol. The largest absolute Gasteiger partial charge is 0.320 e. The third kappa shape index (κ3) is 4.93. The molecule has 5 nitrogen and oxygen atoms in total. The lowest BCUT2D eigenvalue weighted by molar-refractivity contribution is 0.417. The van der Waals surface area contributed by atoms with Crippen molar-refractivity contribution in [3.8, 4) is 11.8 Å². The number of nitrogens with one attached hydrogen (secondary N) is 1. The lowest BCUT2D eigenvalue weighted by Crippen LogP contribution is -2.43. The molecule has 20 heavy (non-hydrogen) atoms. The van der Waals surface area contributed by atoms with Gasteiger partial charge in [0.25, 0.3) is 0 Å². The fourth-order valence-corrected chi connectivity index (χ4v) is 3.32. The molecule has 110 valence electrons. The molecule has 1 aromatic rings. The van der Waals surface area contributed by atoms with E-state index >= 15 is 0 Å². The molecule has 0 fully saturated rings. The minimum Gasteiger partial charge on any atom is -0.320 e. The van der Waals surface area contributed by atoms with Crippen LogP contribution >= 0.6 is 0 Å². The molecule has 0 radical (unpaired) electrons. The fraction of sp³-hybridized carbons (Fsp3) is 0.500. The van der Waals surface area contributed by atoms with E-state index in [1.807, 2.05) is 20.8 Å². The van der Waals surface area contributed by atoms with Crippen LogP contribution in [0.5, 0.6) is 0 Å². The molecule has 0 spiro atoms. The first kappa shape index (κ1) is 16.6. The number of hydrogen-bond donors (Lipinski definition) is 2. The van der Waals surface area contributed by atoms with E-state index in [4.69, 9.17) is 5.73 Å². The van der Waals surface area contributed by atoms with Crippen molar-refractivity contribution in [2.75, 3.05) is 6.54 Å². The number of hydrogen-bond acceptors (Lipinski definition) is 4. The molecular formula is C14H21N3O2S. The van der Waals surface area contributed by atoms with Gasteiger partial charge in [0.2, 0.25) is 10.0 Å². The van der Waals surface area contributed by atoms with Crippen molar-refractivity contribution in [3.63, 3.8) is 0 Å². The summed E-state index contributed by atoms with van der Waals surface area (Å²) in [5.74, 6) is 5.45. The predicted molar refractivity (Wildman–Crippen MR) is 79.5 cm³/mol. The van der Waals surface area contributed by atoms with Crippen LogP contribution in [0.4, 0.5) is 0 Å². The van der Waals surface area contributed by atoms with Gasteiger partial charge in [-0.05, 0) is 26.3 Å². The first-order valence-corrected chi connectivity index (χ1v) is 7.97. The van der Waals surface area contributed by atoms with E-state index in [0.717, 1.165) is 12.8 Å². The Labute approximate surface area is 121 Å². The summed E-state index contributed by atoms with van der Waals surface area (Å²) < 4.78 is 27.3. The maximum Gasteiger partial charge on any atom is 0.242 e. The van der Waals surface area contributed by atoms with Gasteiger partial charge in [0.1, 0.15) is 4.90 Å². The maximum absolute atomic E-state index is 12.3. The van der Waals surface area contributed by atoms with Crippen molar-refractivity contribution in [1.29, 1.82) is 0 Å². The van der Waals surface area contributed by atoms with Crippen LogP contribution in [-0.4, -0.2) is 25.5 Å². The average molecular weight is 295 g/mol. The fourth-order valence-electron chi connectivity index (χ4n) is 1.89. The SMILES string of the molecule is CCCC(C)(C)NS(=O)(=O)c1cncc(C#CCN)c1. The highest BCUT2D eigenvalue weighted by Gasteiger charge is 2.25. The minimum atomic E-state index is -3.60. The Balaban J connectivity index is 3.04. The zero-order chi connectivity index (χ0) is 15.2. The Morgan fingerprint density at radius 3 is 2.70 bits per heavy atom. The van der Waals surface area contributed by atoms with Gasteiger partial charge in [0.05, 0.1) is 6.54 Å². The summed E-state index contributed by atoms with van der Waals surface area (Å²) in [7, 11) is -3.60. The van der Waals surface area contributed by atoms with Gasteiger partial charge in [-0.25, -0.2) is 13.1 Å². The quantitative estimate of drug-likeness (QED) is 0.801. The first-order chi connectivity index (χ1) is 9.30. The van der Waals surface area contributed by atoms with Gasteiger partial charge >= 0.3 is 0 Å². The van der Waals surface area contributed by atoms with E-state index in [0.29, 0.717) is 5.56 Å². The van der Waals surface area contributed by atoms with Gasteiger partial charge in [0.15, 0.2) is 0 Å². The molecule has 0 aliphatic heterocycles. The van der Waals surface area contributed by atoms with Gasteiger partial charge in [-0.2, -0.15) is 0 Å². The minimum absolute atomic E-state index is 0.116.